The summed E-state index contributed by atoms with van der Waals surface area (Å²) in [6, 6.07) is 11.1. The maximum absolute atomic E-state index is 13.5. The van der Waals surface area contributed by atoms with E-state index in [9.17, 15) is 23.2 Å². The van der Waals surface area contributed by atoms with Crippen molar-refractivity contribution in [3.8, 4) is 11.3 Å². The van der Waals surface area contributed by atoms with Crippen LogP contribution in [0.4, 0.5) is 13.9 Å². The third-order valence-electron chi connectivity index (χ3n) is 3.77. The second-order valence-electron chi connectivity index (χ2n) is 5.92. The highest BCUT2D eigenvalue weighted by molar-refractivity contribution is 7.14. The van der Waals surface area contributed by atoms with E-state index in [0.29, 0.717) is 11.3 Å². The Labute approximate surface area is 173 Å². The van der Waals surface area contributed by atoms with Crippen LogP contribution >= 0.6 is 11.3 Å². The average molecular weight is 431 g/mol. The number of hydrogen-bond donors (Lipinski definition) is 2. The number of thiazole rings is 1. The Hall–Kier alpha value is -3.66. The fourth-order valence-corrected chi connectivity index (χ4v) is 3.07. The molecule has 1 heterocycles. The predicted octanol–water partition coefficient (Wildman–Crippen LogP) is 3.00. The van der Waals surface area contributed by atoms with Crippen LogP contribution in [-0.4, -0.2) is 35.9 Å². The molecule has 0 atom stereocenters. The number of esters is 1. The second-order valence-corrected chi connectivity index (χ2v) is 6.77. The van der Waals surface area contributed by atoms with Crippen molar-refractivity contribution in [2.75, 3.05) is 18.5 Å². The molecule has 0 aliphatic carbocycles. The van der Waals surface area contributed by atoms with Crippen LogP contribution in [0.1, 0.15) is 10.4 Å². The van der Waals surface area contributed by atoms with Gasteiger partial charge in [-0.05, 0) is 36.4 Å². The highest BCUT2D eigenvalue weighted by Gasteiger charge is 2.14. The number of anilines is 1. The van der Waals surface area contributed by atoms with Crippen LogP contribution in [0.25, 0.3) is 11.3 Å². The van der Waals surface area contributed by atoms with E-state index in [1.165, 1.54) is 30.3 Å². The third kappa shape index (κ3) is 5.67. The third-order valence-corrected chi connectivity index (χ3v) is 4.52. The minimum Gasteiger partial charge on any atom is -0.454 e. The Bertz CT molecular complexity index is 1070. The molecule has 2 N–H and O–H groups in total. The fraction of sp³-hybridized carbons (Fsp3) is 0.100. The minimum atomic E-state index is -0.860. The molecule has 154 valence electrons. The second kappa shape index (κ2) is 9.70. The summed E-state index contributed by atoms with van der Waals surface area (Å²) >= 11 is 1.15. The highest BCUT2D eigenvalue weighted by atomic mass is 32.1. The molecule has 0 fully saturated rings. The monoisotopic (exact) mass is 431 g/mol. The Balaban J connectivity index is 1.43. The maximum atomic E-state index is 13.5. The number of benzene rings is 2. The molecule has 2 amide bonds. The first-order valence-electron chi connectivity index (χ1n) is 8.62. The van der Waals surface area contributed by atoms with Crippen molar-refractivity contribution < 1.29 is 27.9 Å². The van der Waals surface area contributed by atoms with Gasteiger partial charge in [-0.2, -0.15) is 0 Å². The molecule has 3 aromatic rings. The van der Waals surface area contributed by atoms with Crippen LogP contribution in [0.3, 0.4) is 0 Å². The van der Waals surface area contributed by atoms with Crippen LogP contribution in [0, 0.1) is 11.6 Å². The fourth-order valence-electron chi connectivity index (χ4n) is 2.33. The number of carbonyl (C=O) groups is 3. The summed E-state index contributed by atoms with van der Waals surface area (Å²) in [5.74, 6) is -3.34. The van der Waals surface area contributed by atoms with E-state index in [1.807, 2.05) is 0 Å². The van der Waals surface area contributed by atoms with Crippen LogP contribution in [0.2, 0.25) is 0 Å². The number of aromatic nitrogens is 1. The normalized spacial score (nSPS) is 10.3. The van der Waals surface area contributed by atoms with Crippen LogP contribution < -0.4 is 10.6 Å². The van der Waals surface area contributed by atoms with E-state index in [4.69, 9.17) is 4.74 Å². The summed E-state index contributed by atoms with van der Waals surface area (Å²) in [7, 11) is 0. The van der Waals surface area contributed by atoms with E-state index in [0.717, 1.165) is 17.4 Å². The molecule has 10 heteroatoms. The lowest BCUT2D eigenvalue weighted by molar-refractivity contribution is -0.146. The Morgan fingerprint density at radius 2 is 1.77 bits per heavy atom. The van der Waals surface area contributed by atoms with Gasteiger partial charge < -0.3 is 10.1 Å². The summed E-state index contributed by atoms with van der Waals surface area (Å²) in [6.07, 6.45) is 0. The molecule has 0 unspecified atom stereocenters. The summed E-state index contributed by atoms with van der Waals surface area (Å²) in [4.78, 5) is 39.6. The number of hydrogen-bond acceptors (Lipinski definition) is 6. The van der Waals surface area contributed by atoms with Gasteiger partial charge in [0.2, 0.25) is 0 Å². The lowest BCUT2D eigenvalue weighted by atomic mass is 10.2. The molecule has 0 saturated heterocycles. The summed E-state index contributed by atoms with van der Waals surface area (Å²) in [6.45, 7) is -1.10. The first-order valence-corrected chi connectivity index (χ1v) is 9.50. The molecule has 0 bridgehead atoms. The molecule has 3 rings (SSSR count). The van der Waals surface area contributed by atoms with Crippen LogP contribution in [0.5, 0.6) is 0 Å². The zero-order chi connectivity index (χ0) is 21.5. The maximum Gasteiger partial charge on any atom is 0.325 e. The smallest absolute Gasteiger partial charge is 0.325 e. The molecule has 2 aromatic carbocycles. The van der Waals surface area contributed by atoms with Crippen molar-refractivity contribution in [3.63, 3.8) is 0 Å². The number of carbonyl (C=O) groups excluding carboxylic acids is 3. The lowest BCUT2D eigenvalue weighted by Crippen LogP contribution is -2.32. The van der Waals surface area contributed by atoms with Crippen molar-refractivity contribution in [2.45, 2.75) is 0 Å². The summed E-state index contributed by atoms with van der Waals surface area (Å²) in [5, 5.41) is 6.66. The number of halogens is 2. The van der Waals surface area contributed by atoms with Gasteiger partial charge in [0.15, 0.2) is 11.7 Å². The van der Waals surface area contributed by atoms with Gasteiger partial charge in [-0.3, -0.25) is 19.7 Å². The van der Waals surface area contributed by atoms with Gasteiger partial charge in [-0.15, -0.1) is 11.3 Å². The standard InChI is InChI=1S/C20H15F2N3O4S/c21-13-7-5-12(6-8-13)16-11-30-20(24-16)25-17(26)10-29-18(27)9-23-19(28)14-3-1-2-4-15(14)22/h1-8,11H,9-10H2,(H,23,28)(H,24,25,26). The average Bonchev–Trinajstić information content (AvgIpc) is 3.19. The zero-order valence-electron chi connectivity index (χ0n) is 15.4. The van der Waals surface area contributed by atoms with Gasteiger partial charge in [0.1, 0.15) is 18.2 Å². The molecule has 0 spiro atoms. The molecule has 0 aliphatic rings. The van der Waals surface area contributed by atoms with Gasteiger partial charge in [0, 0.05) is 10.9 Å². The van der Waals surface area contributed by atoms with E-state index < -0.39 is 36.8 Å². The number of nitrogens with one attached hydrogen (secondary N) is 2. The minimum absolute atomic E-state index is 0.205. The molecule has 7 nitrogen and oxygen atoms in total. The van der Waals surface area contributed by atoms with Crippen molar-refractivity contribution in [1.82, 2.24) is 10.3 Å². The molecule has 0 aliphatic heterocycles. The first-order chi connectivity index (χ1) is 14.4. The molecular weight excluding hydrogens is 416 g/mol. The lowest BCUT2D eigenvalue weighted by Gasteiger charge is -2.07. The largest absolute Gasteiger partial charge is 0.454 e. The first kappa shape index (κ1) is 21.1. The molecule has 30 heavy (non-hydrogen) atoms. The van der Waals surface area contributed by atoms with Gasteiger partial charge in [0.05, 0.1) is 11.3 Å². The number of ether oxygens (including phenoxy) is 1. The number of amides is 2. The van der Waals surface area contributed by atoms with Gasteiger partial charge in [-0.1, -0.05) is 12.1 Å². The van der Waals surface area contributed by atoms with Crippen molar-refractivity contribution in [2.24, 2.45) is 0 Å². The zero-order valence-corrected chi connectivity index (χ0v) is 16.2. The van der Waals surface area contributed by atoms with E-state index in [1.54, 1.807) is 17.5 Å². The quantitative estimate of drug-likeness (QED) is 0.561. The number of rotatable bonds is 7. The highest BCUT2D eigenvalue weighted by Crippen LogP contribution is 2.24. The van der Waals surface area contributed by atoms with Crippen LogP contribution in [-0.2, 0) is 14.3 Å². The molecular formula is C20H15F2N3O4S. The van der Waals surface area contributed by atoms with Gasteiger partial charge in [-0.25, -0.2) is 13.8 Å². The SMILES string of the molecule is O=C(COC(=O)CNC(=O)c1ccccc1F)Nc1nc(-c2ccc(F)cc2)cs1. The Kier molecular flexibility index (Phi) is 6.81. The van der Waals surface area contributed by atoms with Crippen LogP contribution in [0.15, 0.2) is 53.9 Å². The van der Waals surface area contributed by atoms with Crippen molar-refractivity contribution in [1.29, 1.82) is 0 Å². The summed E-state index contributed by atoms with van der Waals surface area (Å²) < 4.78 is 31.3. The Morgan fingerprint density at radius 1 is 1.03 bits per heavy atom. The van der Waals surface area contributed by atoms with E-state index in [2.05, 4.69) is 15.6 Å². The molecule has 0 saturated carbocycles. The number of nitrogens with zero attached hydrogens (tertiary/aromatic N) is 1. The van der Waals surface area contributed by atoms with Crippen molar-refractivity contribution in [3.05, 3.63) is 71.1 Å². The van der Waals surface area contributed by atoms with E-state index >= 15 is 0 Å². The van der Waals surface area contributed by atoms with Crippen molar-refractivity contribution >= 4 is 34.3 Å². The topological polar surface area (TPSA) is 97.4 Å². The molecule has 0 radical (unpaired) electrons. The predicted molar refractivity (Wildman–Crippen MR) is 106 cm³/mol. The van der Waals surface area contributed by atoms with Gasteiger partial charge >= 0.3 is 5.97 Å². The summed E-state index contributed by atoms with van der Waals surface area (Å²) in [5.41, 5.74) is 1.04. The van der Waals surface area contributed by atoms with E-state index in [-0.39, 0.29) is 16.5 Å². The Morgan fingerprint density at radius 3 is 2.50 bits per heavy atom. The van der Waals surface area contributed by atoms with Gasteiger partial charge in [0.25, 0.3) is 11.8 Å². The molecule has 1 aromatic heterocycles.